The summed E-state index contributed by atoms with van der Waals surface area (Å²) in [5.41, 5.74) is 3.47. The van der Waals surface area contributed by atoms with Crippen molar-refractivity contribution < 1.29 is 85.8 Å². The van der Waals surface area contributed by atoms with Crippen molar-refractivity contribution >= 4 is 29.9 Å². The van der Waals surface area contributed by atoms with Gasteiger partial charge in [-0.3, -0.25) is 4.79 Å². The lowest BCUT2D eigenvalue weighted by molar-refractivity contribution is -0.152. The van der Waals surface area contributed by atoms with E-state index in [-0.39, 0.29) is 60.4 Å². The van der Waals surface area contributed by atoms with Crippen molar-refractivity contribution in [2.45, 2.75) is 136 Å². The number of rotatable bonds is 14. The summed E-state index contributed by atoms with van der Waals surface area (Å²) in [4.78, 5) is 40.1. The molecule has 0 spiro atoms. The van der Waals surface area contributed by atoms with Crippen LogP contribution in [0.1, 0.15) is 111 Å². The molecule has 4 heterocycles. The van der Waals surface area contributed by atoms with Crippen LogP contribution < -0.4 is 28.4 Å². The van der Waals surface area contributed by atoms with E-state index >= 15 is 0 Å². The van der Waals surface area contributed by atoms with Crippen LogP contribution in [0.25, 0.3) is 12.2 Å². The number of hydrogen-bond donors (Lipinski definition) is 1. The largest absolute Gasteiger partial charge is 0.497 e. The summed E-state index contributed by atoms with van der Waals surface area (Å²) in [6, 6.07) is 22.0. The van der Waals surface area contributed by atoms with E-state index in [1.807, 2.05) is 107 Å². The van der Waals surface area contributed by atoms with E-state index in [2.05, 4.69) is 0 Å². The van der Waals surface area contributed by atoms with Gasteiger partial charge in [-0.25, -0.2) is 9.59 Å². The molecule has 4 aromatic rings. The number of benzene rings is 4. The van der Waals surface area contributed by atoms with Gasteiger partial charge in [0.2, 0.25) is 0 Å². The molecule has 0 bridgehead atoms. The van der Waals surface area contributed by atoms with Crippen LogP contribution >= 0.6 is 0 Å². The fourth-order valence-corrected chi connectivity index (χ4v) is 9.30. The average molecular weight is 1140 g/mol. The van der Waals surface area contributed by atoms with Crippen molar-refractivity contribution in [3.63, 3.8) is 0 Å². The Bertz CT molecular complexity index is 2910. The van der Waals surface area contributed by atoms with E-state index in [1.165, 1.54) is 20.3 Å². The van der Waals surface area contributed by atoms with Crippen LogP contribution in [-0.2, 0) is 55.9 Å². The molecule has 82 heavy (non-hydrogen) atoms. The Balaban J connectivity index is 0.000000236. The van der Waals surface area contributed by atoms with Crippen LogP contribution in [0.4, 0.5) is 0 Å². The standard InChI is InChI=1S/C32H40O9.C32H38O9/c2*1-20-10-15-26(33)30-27(40-32(3,4)41-30)9-7-8-23-16-25(37-18-22-11-13-24(36-6)14-12-22)17-28(38-19-35-5)29(23)31(34)39-21(20)2/h7-8,10-17,20-21,26-27,30,33H,9,18-19H2,1-6H3;7-8,10-17,20-21,27,30H,9,18-19H2,1-6H3/b2*8-7+,15-10-/t20-,21+,26?,27+,30-;20-,21+,27+,30-/m11/s1. The van der Waals surface area contributed by atoms with Crippen molar-refractivity contribution in [3.8, 4) is 34.5 Å². The van der Waals surface area contributed by atoms with Gasteiger partial charge in [-0.1, -0.05) is 80.6 Å². The van der Waals surface area contributed by atoms with Crippen LogP contribution in [-0.4, -0.2) is 119 Å². The summed E-state index contributed by atoms with van der Waals surface area (Å²) in [5.74, 6) is -0.417. The van der Waals surface area contributed by atoms with E-state index in [0.717, 1.165) is 22.6 Å². The van der Waals surface area contributed by atoms with Crippen LogP contribution in [0.3, 0.4) is 0 Å². The minimum absolute atomic E-state index is 0.0675. The second kappa shape index (κ2) is 28.8. The molecular formula is C64H78O18. The number of carbonyl (C=O) groups excluding carboxylic acids is 3. The molecule has 0 amide bonds. The first-order valence-electron chi connectivity index (χ1n) is 27.4. The van der Waals surface area contributed by atoms with Gasteiger partial charge in [0, 0.05) is 38.2 Å². The highest BCUT2D eigenvalue weighted by Gasteiger charge is 2.45. The Hall–Kier alpha value is -7.03. The quantitative estimate of drug-likeness (QED) is 0.0709. The fourth-order valence-electron chi connectivity index (χ4n) is 9.30. The third kappa shape index (κ3) is 17.0. The summed E-state index contributed by atoms with van der Waals surface area (Å²) >= 11 is 0. The molecule has 0 aromatic heterocycles. The molecule has 4 aliphatic rings. The molecule has 1 unspecified atom stereocenters. The smallest absolute Gasteiger partial charge is 0.342 e. The van der Waals surface area contributed by atoms with E-state index in [9.17, 15) is 19.5 Å². The van der Waals surface area contributed by atoms with Crippen LogP contribution in [0.15, 0.2) is 109 Å². The second-order valence-corrected chi connectivity index (χ2v) is 21.2. The van der Waals surface area contributed by atoms with E-state index in [0.29, 0.717) is 42.1 Å². The monoisotopic (exact) mass is 1130 g/mol. The third-order valence-corrected chi connectivity index (χ3v) is 14.0. The number of carbonyl (C=O) groups is 3. The average Bonchev–Trinajstić information content (AvgIpc) is 3.96. The summed E-state index contributed by atoms with van der Waals surface area (Å²) in [7, 11) is 6.24. The molecule has 0 radical (unpaired) electrons. The molecule has 0 saturated carbocycles. The highest BCUT2D eigenvalue weighted by atomic mass is 16.8. The first-order valence-corrected chi connectivity index (χ1v) is 27.4. The SMILES string of the molecule is COCOc1cc(OCc2ccc(OC)cc2)cc2c1C(=O)O[C@@H](C)[C@H](C)/C=C\C(=O)[C@H]1OC(C)(C)O[C@H]1C/C=C/2.COCOc1cc(OCc2ccc(OC)cc2)cc2c1C(=O)O[C@@H](C)[C@H](C)/C=C\C(O)[C@H]1OC(C)(C)O[C@H]1C/C=C/2. The number of fused-ring (bicyclic) bond motifs is 4. The Morgan fingerprint density at radius 1 is 0.524 bits per heavy atom. The molecule has 9 atom stereocenters. The molecule has 4 aliphatic heterocycles. The first-order chi connectivity index (χ1) is 39.2. The van der Waals surface area contributed by atoms with Gasteiger partial charge in [0.15, 0.2) is 30.9 Å². The first kappa shape index (κ1) is 62.6. The molecule has 2 saturated heterocycles. The highest BCUT2D eigenvalue weighted by molar-refractivity contribution is 5.98. The molecule has 1 N–H and O–H groups in total. The number of ketones is 1. The van der Waals surface area contributed by atoms with Gasteiger partial charge in [-0.2, -0.15) is 0 Å². The topological polar surface area (TPSA) is 201 Å². The fraction of sp³-hybridized carbons (Fsp3) is 0.453. The maximum absolute atomic E-state index is 13.6. The zero-order valence-electron chi connectivity index (χ0n) is 48.9. The van der Waals surface area contributed by atoms with Crippen LogP contribution in [0.5, 0.6) is 34.5 Å². The van der Waals surface area contributed by atoms with Gasteiger partial charge >= 0.3 is 11.9 Å². The molecule has 442 valence electrons. The summed E-state index contributed by atoms with van der Waals surface area (Å²) in [6.45, 7) is 15.0. The van der Waals surface area contributed by atoms with E-state index < -0.39 is 66.2 Å². The summed E-state index contributed by atoms with van der Waals surface area (Å²) in [5, 5.41) is 10.9. The van der Waals surface area contributed by atoms with Crippen LogP contribution in [0.2, 0.25) is 0 Å². The second-order valence-electron chi connectivity index (χ2n) is 21.2. The van der Waals surface area contributed by atoms with Crippen molar-refractivity contribution in [1.82, 2.24) is 0 Å². The molecule has 18 nitrogen and oxygen atoms in total. The van der Waals surface area contributed by atoms with Crippen molar-refractivity contribution in [1.29, 1.82) is 0 Å². The predicted octanol–water partition coefficient (Wildman–Crippen LogP) is 10.8. The number of ether oxygens (including phenoxy) is 14. The normalized spacial score (nSPS) is 26.6. The number of aliphatic hydroxyl groups is 1. The van der Waals surface area contributed by atoms with Crippen LogP contribution in [0, 0.1) is 11.8 Å². The van der Waals surface area contributed by atoms with Gasteiger partial charge in [-0.05, 0) is 119 Å². The molecule has 0 aliphatic carbocycles. The molecular weight excluding hydrogens is 1060 g/mol. The number of methoxy groups -OCH3 is 4. The number of hydrogen-bond acceptors (Lipinski definition) is 18. The van der Waals surface area contributed by atoms with Gasteiger partial charge in [0.1, 0.15) is 89.4 Å². The number of aliphatic hydroxyl groups excluding tert-OH is 1. The maximum atomic E-state index is 13.6. The molecule has 8 rings (SSSR count). The predicted molar refractivity (Wildman–Crippen MR) is 305 cm³/mol. The lowest BCUT2D eigenvalue weighted by Crippen LogP contribution is -2.34. The number of esters is 2. The summed E-state index contributed by atoms with van der Waals surface area (Å²) in [6.07, 6.45) is 10.8. The highest BCUT2D eigenvalue weighted by Crippen LogP contribution is 2.38. The maximum Gasteiger partial charge on any atom is 0.342 e. The zero-order chi connectivity index (χ0) is 59.1. The number of cyclic esters (lactones) is 2. The zero-order valence-corrected chi connectivity index (χ0v) is 48.9. The minimum Gasteiger partial charge on any atom is -0.497 e. The third-order valence-electron chi connectivity index (χ3n) is 14.0. The van der Waals surface area contributed by atoms with Crippen molar-refractivity contribution in [2.24, 2.45) is 11.8 Å². The molecule has 18 heteroatoms. The Labute approximate surface area is 480 Å². The summed E-state index contributed by atoms with van der Waals surface area (Å²) < 4.78 is 80.5. The van der Waals surface area contributed by atoms with Gasteiger partial charge in [0.25, 0.3) is 0 Å². The Kier molecular flexibility index (Phi) is 22.0. The van der Waals surface area contributed by atoms with E-state index in [1.54, 1.807) is 77.5 Å². The van der Waals surface area contributed by atoms with Gasteiger partial charge < -0.3 is 71.4 Å². The Morgan fingerprint density at radius 2 is 0.976 bits per heavy atom. The van der Waals surface area contributed by atoms with Crippen molar-refractivity contribution in [3.05, 3.63) is 143 Å². The molecule has 2 fully saturated rings. The molecule has 4 aromatic carbocycles. The lowest BCUT2D eigenvalue weighted by atomic mass is 9.99. The van der Waals surface area contributed by atoms with Gasteiger partial charge in [-0.15, -0.1) is 0 Å². The van der Waals surface area contributed by atoms with Crippen molar-refractivity contribution in [2.75, 3.05) is 42.0 Å². The lowest BCUT2D eigenvalue weighted by Gasteiger charge is -2.23. The Morgan fingerprint density at radius 3 is 1.45 bits per heavy atom. The van der Waals surface area contributed by atoms with E-state index in [4.69, 9.17) is 66.3 Å². The minimum atomic E-state index is -0.903. The van der Waals surface area contributed by atoms with Gasteiger partial charge in [0.05, 0.1) is 26.4 Å².